The third kappa shape index (κ3) is 3.10. The van der Waals surface area contributed by atoms with Crippen molar-refractivity contribution in [2.45, 2.75) is 32.7 Å². The van der Waals surface area contributed by atoms with Gasteiger partial charge in [0.1, 0.15) is 11.6 Å². The molecule has 0 amide bonds. The molecule has 0 bridgehead atoms. The topological polar surface area (TPSA) is 21.3 Å². The molecule has 0 aliphatic carbocycles. The minimum atomic E-state index is -0.190. The van der Waals surface area contributed by atoms with Crippen LogP contribution in [0.4, 0.5) is 4.39 Å². The van der Waals surface area contributed by atoms with Crippen LogP contribution >= 0.6 is 0 Å². The van der Waals surface area contributed by atoms with Crippen molar-refractivity contribution < 1.29 is 9.13 Å². The molecule has 1 aromatic carbocycles. The molecule has 2 rings (SSSR count). The molecule has 2 nitrogen and oxygen atoms in total. The van der Waals surface area contributed by atoms with Crippen LogP contribution in [0.15, 0.2) is 30.0 Å². The van der Waals surface area contributed by atoms with E-state index in [2.05, 4.69) is 11.4 Å². The van der Waals surface area contributed by atoms with Gasteiger partial charge >= 0.3 is 0 Å². The van der Waals surface area contributed by atoms with Gasteiger partial charge in [0, 0.05) is 0 Å². The molecule has 1 aromatic rings. The van der Waals surface area contributed by atoms with Gasteiger partial charge in [-0.3, -0.25) is 0 Å². The SMILES string of the molecule is CCNC(C1=CCCCO1)c1cc(C)cc(F)c1. The third-order valence-electron chi connectivity index (χ3n) is 3.05. The fourth-order valence-electron chi connectivity index (χ4n) is 2.30. The van der Waals surface area contributed by atoms with E-state index in [1.54, 1.807) is 12.1 Å². The van der Waals surface area contributed by atoms with E-state index in [9.17, 15) is 4.39 Å². The summed E-state index contributed by atoms with van der Waals surface area (Å²) in [6.45, 7) is 5.52. The quantitative estimate of drug-likeness (QED) is 0.882. The Hall–Kier alpha value is -1.35. The predicted molar refractivity (Wildman–Crippen MR) is 70.8 cm³/mol. The van der Waals surface area contributed by atoms with Crippen molar-refractivity contribution in [1.29, 1.82) is 0 Å². The van der Waals surface area contributed by atoms with Gasteiger partial charge in [-0.25, -0.2) is 4.39 Å². The number of hydrogen-bond donors (Lipinski definition) is 1. The molecule has 1 aliphatic heterocycles. The molecule has 0 fully saturated rings. The van der Waals surface area contributed by atoms with Gasteiger partial charge in [-0.15, -0.1) is 0 Å². The Morgan fingerprint density at radius 2 is 2.22 bits per heavy atom. The second-order valence-electron chi connectivity index (χ2n) is 4.65. The van der Waals surface area contributed by atoms with E-state index in [1.165, 1.54) is 0 Å². The fraction of sp³-hybridized carbons (Fsp3) is 0.467. The van der Waals surface area contributed by atoms with E-state index in [4.69, 9.17) is 4.74 Å². The smallest absolute Gasteiger partial charge is 0.123 e. The molecule has 18 heavy (non-hydrogen) atoms. The predicted octanol–water partition coefficient (Wildman–Crippen LogP) is 3.48. The summed E-state index contributed by atoms with van der Waals surface area (Å²) < 4.78 is 19.2. The third-order valence-corrected chi connectivity index (χ3v) is 3.05. The van der Waals surface area contributed by atoms with Crippen molar-refractivity contribution in [3.8, 4) is 0 Å². The Morgan fingerprint density at radius 1 is 1.39 bits per heavy atom. The zero-order valence-corrected chi connectivity index (χ0v) is 11.0. The number of aryl methyl sites for hydroxylation is 1. The van der Waals surface area contributed by atoms with Crippen molar-refractivity contribution in [3.63, 3.8) is 0 Å². The van der Waals surface area contributed by atoms with E-state index in [0.717, 1.165) is 42.9 Å². The molecule has 1 unspecified atom stereocenters. The van der Waals surface area contributed by atoms with Crippen LogP contribution in [0.25, 0.3) is 0 Å². The molecule has 1 N–H and O–H groups in total. The normalized spacial score (nSPS) is 16.9. The molecule has 1 atom stereocenters. The van der Waals surface area contributed by atoms with Crippen molar-refractivity contribution in [1.82, 2.24) is 5.32 Å². The minimum Gasteiger partial charge on any atom is -0.496 e. The van der Waals surface area contributed by atoms with Gasteiger partial charge in [-0.1, -0.05) is 13.0 Å². The molecule has 0 saturated heterocycles. The van der Waals surface area contributed by atoms with Crippen LogP contribution < -0.4 is 5.32 Å². The number of nitrogens with one attached hydrogen (secondary N) is 1. The maximum Gasteiger partial charge on any atom is 0.123 e. The Balaban J connectivity index is 2.31. The maximum absolute atomic E-state index is 13.5. The number of halogens is 1. The number of benzene rings is 1. The summed E-state index contributed by atoms with van der Waals surface area (Å²) in [7, 11) is 0. The fourth-order valence-corrected chi connectivity index (χ4v) is 2.30. The molecule has 1 aliphatic rings. The second-order valence-corrected chi connectivity index (χ2v) is 4.65. The van der Waals surface area contributed by atoms with Gasteiger partial charge in [0.25, 0.3) is 0 Å². The lowest BCUT2D eigenvalue weighted by molar-refractivity contribution is 0.168. The van der Waals surface area contributed by atoms with Crippen LogP contribution in [0.5, 0.6) is 0 Å². The Morgan fingerprint density at radius 3 is 2.83 bits per heavy atom. The summed E-state index contributed by atoms with van der Waals surface area (Å²) in [5.41, 5.74) is 1.87. The maximum atomic E-state index is 13.5. The van der Waals surface area contributed by atoms with Crippen LogP contribution in [-0.4, -0.2) is 13.2 Å². The number of hydrogen-bond acceptors (Lipinski definition) is 2. The number of rotatable bonds is 4. The molecular weight excluding hydrogens is 229 g/mol. The Labute approximate surface area is 108 Å². The summed E-state index contributed by atoms with van der Waals surface area (Å²) in [5, 5.41) is 3.36. The number of allylic oxidation sites excluding steroid dienone is 1. The standard InChI is InChI=1S/C15H20FNO/c1-3-17-15(14-6-4-5-7-18-14)12-8-11(2)9-13(16)10-12/h6,8-10,15,17H,3-5,7H2,1-2H3. The van der Waals surface area contributed by atoms with E-state index >= 15 is 0 Å². The van der Waals surface area contributed by atoms with Crippen LogP contribution in [0.1, 0.15) is 36.9 Å². The van der Waals surface area contributed by atoms with E-state index in [0.29, 0.717) is 0 Å². The molecule has 1 heterocycles. The van der Waals surface area contributed by atoms with Crippen molar-refractivity contribution in [3.05, 3.63) is 47.0 Å². The second kappa shape index (κ2) is 6.01. The van der Waals surface area contributed by atoms with Crippen molar-refractivity contribution in [2.75, 3.05) is 13.2 Å². The van der Waals surface area contributed by atoms with Gasteiger partial charge in [0.05, 0.1) is 12.6 Å². The van der Waals surface area contributed by atoms with Crippen LogP contribution in [-0.2, 0) is 4.74 Å². The van der Waals surface area contributed by atoms with Crippen LogP contribution in [0.3, 0.4) is 0 Å². The van der Waals surface area contributed by atoms with Crippen LogP contribution in [0, 0.1) is 12.7 Å². The monoisotopic (exact) mass is 249 g/mol. The van der Waals surface area contributed by atoms with E-state index < -0.39 is 0 Å². The number of likely N-dealkylation sites (N-methyl/N-ethyl adjacent to an activating group) is 1. The highest BCUT2D eigenvalue weighted by atomic mass is 19.1. The van der Waals surface area contributed by atoms with Gasteiger partial charge in [0.15, 0.2) is 0 Å². The molecule has 98 valence electrons. The van der Waals surface area contributed by atoms with Gasteiger partial charge < -0.3 is 10.1 Å². The zero-order chi connectivity index (χ0) is 13.0. The average Bonchev–Trinajstić information content (AvgIpc) is 2.36. The molecule has 0 saturated carbocycles. The highest BCUT2D eigenvalue weighted by Crippen LogP contribution is 2.27. The van der Waals surface area contributed by atoms with Gasteiger partial charge in [0.2, 0.25) is 0 Å². The summed E-state index contributed by atoms with van der Waals surface area (Å²) in [6, 6.07) is 5.10. The first kappa shape index (κ1) is 13.1. The number of ether oxygens (including phenoxy) is 1. The summed E-state index contributed by atoms with van der Waals surface area (Å²) in [4.78, 5) is 0. The lowest BCUT2D eigenvalue weighted by Crippen LogP contribution is -2.25. The average molecular weight is 249 g/mol. The summed E-state index contributed by atoms with van der Waals surface area (Å²) >= 11 is 0. The Bertz CT molecular complexity index is 422. The first-order valence-corrected chi connectivity index (χ1v) is 6.54. The highest BCUT2D eigenvalue weighted by molar-refractivity contribution is 5.31. The molecule has 0 aromatic heterocycles. The van der Waals surface area contributed by atoms with Gasteiger partial charge in [-0.05, 0) is 55.6 Å². The van der Waals surface area contributed by atoms with Crippen molar-refractivity contribution in [2.24, 2.45) is 0 Å². The molecule has 0 radical (unpaired) electrons. The highest BCUT2D eigenvalue weighted by Gasteiger charge is 2.19. The lowest BCUT2D eigenvalue weighted by atomic mass is 10.0. The first-order chi connectivity index (χ1) is 8.70. The van der Waals surface area contributed by atoms with Gasteiger partial charge in [-0.2, -0.15) is 0 Å². The molecule has 0 spiro atoms. The minimum absolute atomic E-state index is 0.0373. The molecular formula is C15H20FNO. The lowest BCUT2D eigenvalue weighted by Gasteiger charge is -2.25. The summed E-state index contributed by atoms with van der Waals surface area (Å²) in [6.07, 6.45) is 4.20. The van der Waals surface area contributed by atoms with Crippen LogP contribution in [0.2, 0.25) is 0 Å². The van der Waals surface area contributed by atoms with E-state index in [-0.39, 0.29) is 11.9 Å². The Kier molecular flexibility index (Phi) is 4.37. The molecule has 3 heteroatoms. The van der Waals surface area contributed by atoms with E-state index in [1.807, 2.05) is 19.9 Å². The largest absolute Gasteiger partial charge is 0.496 e. The first-order valence-electron chi connectivity index (χ1n) is 6.54. The zero-order valence-electron chi connectivity index (χ0n) is 11.0. The van der Waals surface area contributed by atoms with Crippen molar-refractivity contribution >= 4 is 0 Å². The summed E-state index contributed by atoms with van der Waals surface area (Å²) in [5.74, 6) is 0.734.